The van der Waals surface area contributed by atoms with Crippen molar-refractivity contribution in [3.05, 3.63) is 29.8 Å². The largest absolute Gasteiger partial charge is 0.508 e. The molecule has 0 radical (unpaired) electrons. The molecule has 0 aliphatic rings. The van der Waals surface area contributed by atoms with Gasteiger partial charge in [0.15, 0.2) is 0 Å². The monoisotopic (exact) mass is 221 g/mol. The number of rotatable bonds is 5. The molecule has 0 heterocycles. The fourth-order valence-electron chi connectivity index (χ4n) is 1.88. The van der Waals surface area contributed by atoms with Crippen molar-refractivity contribution in [3.8, 4) is 5.75 Å². The molecule has 2 heteroatoms. The summed E-state index contributed by atoms with van der Waals surface area (Å²) >= 11 is 0. The van der Waals surface area contributed by atoms with E-state index in [2.05, 4.69) is 32.7 Å². The lowest BCUT2D eigenvalue weighted by molar-refractivity contribution is 0.229. The highest BCUT2D eigenvalue weighted by Gasteiger charge is 2.10. The molecule has 0 bridgehead atoms. The first-order chi connectivity index (χ1) is 7.49. The molecule has 1 atom stereocenters. The molecule has 0 aliphatic heterocycles. The molecule has 0 fully saturated rings. The zero-order valence-electron chi connectivity index (χ0n) is 10.8. The number of benzene rings is 1. The lowest BCUT2D eigenvalue weighted by Gasteiger charge is -2.26. The summed E-state index contributed by atoms with van der Waals surface area (Å²) in [5.74, 6) is 1.04. The predicted molar refractivity (Wildman–Crippen MR) is 68.7 cm³/mol. The topological polar surface area (TPSA) is 23.5 Å². The summed E-state index contributed by atoms with van der Waals surface area (Å²) < 4.78 is 0. The van der Waals surface area contributed by atoms with Gasteiger partial charge in [0.25, 0.3) is 0 Å². The van der Waals surface area contributed by atoms with Gasteiger partial charge in [-0.25, -0.2) is 0 Å². The molecule has 2 nitrogen and oxygen atoms in total. The van der Waals surface area contributed by atoms with Crippen molar-refractivity contribution in [1.82, 2.24) is 4.90 Å². The van der Waals surface area contributed by atoms with Crippen LogP contribution in [0.1, 0.15) is 26.3 Å². The maximum Gasteiger partial charge on any atom is 0.115 e. The summed E-state index contributed by atoms with van der Waals surface area (Å²) in [5, 5.41) is 9.21. The van der Waals surface area contributed by atoms with Crippen molar-refractivity contribution < 1.29 is 5.11 Å². The summed E-state index contributed by atoms with van der Waals surface area (Å²) in [7, 11) is 2.17. The molecule has 1 N–H and O–H groups in total. The van der Waals surface area contributed by atoms with E-state index < -0.39 is 0 Å². The van der Waals surface area contributed by atoms with Crippen LogP contribution >= 0.6 is 0 Å². The lowest BCUT2D eigenvalue weighted by atomic mass is 10.1. The quantitative estimate of drug-likeness (QED) is 0.826. The third kappa shape index (κ3) is 4.23. The maximum absolute atomic E-state index is 9.21. The Bertz CT molecular complexity index is 305. The fourth-order valence-corrected chi connectivity index (χ4v) is 1.88. The average Bonchev–Trinajstić information content (AvgIpc) is 2.20. The number of phenolic OH excluding ortho intramolecular Hbond substituents is 1. The second-order valence-corrected chi connectivity index (χ2v) is 5.05. The van der Waals surface area contributed by atoms with Gasteiger partial charge < -0.3 is 10.0 Å². The van der Waals surface area contributed by atoms with Crippen LogP contribution in [0.25, 0.3) is 0 Å². The summed E-state index contributed by atoms with van der Waals surface area (Å²) in [4.78, 5) is 2.39. The molecule has 90 valence electrons. The van der Waals surface area contributed by atoms with Gasteiger partial charge in [-0.3, -0.25) is 0 Å². The molecule has 0 amide bonds. The number of nitrogens with zero attached hydrogens (tertiary/aromatic N) is 1. The van der Waals surface area contributed by atoms with E-state index in [1.165, 1.54) is 5.56 Å². The molecule has 1 unspecified atom stereocenters. The Labute approximate surface area is 98.9 Å². The van der Waals surface area contributed by atoms with E-state index in [0.717, 1.165) is 13.0 Å². The predicted octanol–water partition coefficient (Wildman–Crippen LogP) is 2.91. The third-order valence-corrected chi connectivity index (χ3v) is 2.87. The minimum absolute atomic E-state index is 0.340. The Balaban J connectivity index is 2.50. The summed E-state index contributed by atoms with van der Waals surface area (Å²) in [6.45, 7) is 7.85. The first-order valence-electron chi connectivity index (χ1n) is 5.97. The van der Waals surface area contributed by atoms with Crippen molar-refractivity contribution in [3.63, 3.8) is 0 Å². The van der Waals surface area contributed by atoms with Gasteiger partial charge in [0.1, 0.15) is 5.75 Å². The van der Waals surface area contributed by atoms with Gasteiger partial charge in [-0.2, -0.15) is 0 Å². The van der Waals surface area contributed by atoms with Crippen LogP contribution in [0.15, 0.2) is 24.3 Å². The minimum atomic E-state index is 0.340. The molecule has 16 heavy (non-hydrogen) atoms. The van der Waals surface area contributed by atoms with Crippen LogP contribution in [-0.2, 0) is 6.42 Å². The number of likely N-dealkylation sites (N-methyl/N-ethyl adjacent to an activating group) is 1. The van der Waals surface area contributed by atoms with Crippen molar-refractivity contribution >= 4 is 0 Å². The first-order valence-corrected chi connectivity index (χ1v) is 5.97. The SMILES string of the molecule is CC(C)CN(C)C(C)Cc1ccc(O)cc1. The standard InChI is InChI=1S/C14H23NO/c1-11(2)10-15(4)12(3)9-13-5-7-14(16)8-6-13/h5-8,11-12,16H,9-10H2,1-4H3. The van der Waals surface area contributed by atoms with E-state index in [-0.39, 0.29) is 0 Å². The number of hydrogen-bond donors (Lipinski definition) is 1. The molecule has 0 aliphatic carbocycles. The van der Waals surface area contributed by atoms with Gasteiger partial charge in [0.05, 0.1) is 0 Å². The molecule has 0 saturated carbocycles. The van der Waals surface area contributed by atoms with Crippen LogP contribution in [0.5, 0.6) is 5.75 Å². The molecule has 0 saturated heterocycles. The molecule has 1 aromatic rings. The van der Waals surface area contributed by atoms with Crippen LogP contribution < -0.4 is 0 Å². The van der Waals surface area contributed by atoms with Crippen molar-refractivity contribution in [2.75, 3.05) is 13.6 Å². The molecule has 1 aromatic carbocycles. The second kappa shape index (κ2) is 5.90. The highest BCUT2D eigenvalue weighted by molar-refractivity contribution is 5.26. The summed E-state index contributed by atoms with van der Waals surface area (Å²) in [6.07, 6.45) is 1.03. The lowest BCUT2D eigenvalue weighted by Crippen LogP contribution is -2.33. The van der Waals surface area contributed by atoms with Crippen LogP contribution in [0.3, 0.4) is 0 Å². The average molecular weight is 221 g/mol. The summed E-state index contributed by atoms with van der Waals surface area (Å²) in [5.41, 5.74) is 1.28. The van der Waals surface area contributed by atoms with Gasteiger partial charge >= 0.3 is 0 Å². The van der Waals surface area contributed by atoms with E-state index in [0.29, 0.717) is 17.7 Å². The Hall–Kier alpha value is -1.02. The minimum Gasteiger partial charge on any atom is -0.508 e. The van der Waals surface area contributed by atoms with Gasteiger partial charge in [-0.15, -0.1) is 0 Å². The summed E-state index contributed by atoms with van der Waals surface area (Å²) in [6, 6.07) is 8.03. The highest BCUT2D eigenvalue weighted by atomic mass is 16.3. The fraction of sp³-hybridized carbons (Fsp3) is 0.571. The molecule has 0 aromatic heterocycles. The van der Waals surface area contributed by atoms with Gasteiger partial charge in [0, 0.05) is 12.6 Å². The van der Waals surface area contributed by atoms with Gasteiger partial charge in [-0.1, -0.05) is 26.0 Å². The van der Waals surface area contributed by atoms with E-state index in [1.807, 2.05) is 12.1 Å². The Morgan fingerprint density at radius 2 is 1.69 bits per heavy atom. The van der Waals surface area contributed by atoms with Crippen molar-refractivity contribution in [1.29, 1.82) is 0 Å². The Morgan fingerprint density at radius 3 is 2.19 bits per heavy atom. The van der Waals surface area contributed by atoms with Crippen LogP contribution in [0.2, 0.25) is 0 Å². The third-order valence-electron chi connectivity index (χ3n) is 2.87. The molecular weight excluding hydrogens is 198 g/mol. The number of phenols is 1. The maximum atomic E-state index is 9.21. The normalized spacial score (nSPS) is 13.4. The second-order valence-electron chi connectivity index (χ2n) is 5.05. The van der Waals surface area contributed by atoms with Crippen LogP contribution in [0, 0.1) is 5.92 Å². The number of aromatic hydroxyl groups is 1. The molecule has 0 spiro atoms. The zero-order valence-corrected chi connectivity index (χ0v) is 10.8. The highest BCUT2D eigenvalue weighted by Crippen LogP contribution is 2.13. The van der Waals surface area contributed by atoms with E-state index >= 15 is 0 Å². The van der Waals surface area contributed by atoms with Crippen molar-refractivity contribution in [2.45, 2.75) is 33.2 Å². The van der Waals surface area contributed by atoms with E-state index in [4.69, 9.17) is 0 Å². The Morgan fingerprint density at radius 1 is 1.12 bits per heavy atom. The molecular formula is C14H23NO. The van der Waals surface area contributed by atoms with Crippen molar-refractivity contribution in [2.24, 2.45) is 5.92 Å². The zero-order chi connectivity index (χ0) is 12.1. The van der Waals surface area contributed by atoms with E-state index in [1.54, 1.807) is 12.1 Å². The molecule has 1 rings (SSSR count). The first kappa shape index (κ1) is 13.0. The smallest absolute Gasteiger partial charge is 0.115 e. The number of hydrogen-bond acceptors (Lipinski definition) is 2. The van der Waals surface area contributed by atoms with Crippen LogP contribution in [0.4, 0.5) is 0 Å². The van der Waals surface area contributed by atoms with Crippen LogP contribution in [-0.4, -0.2) is 29.6 Å². The van der Waals surface area contributed by atoms with E-state index in [9.17, 15) is 5.11 Å². The van der Waals surface area contributed by atoms with Gasteiger partial charge in [-0.05, 0) is 44.0 Å². The van der Waals surface area contributed by atoms with Gasteiger partial charge in [0.2, 0.25) is 0 Å². The Kier molecular flexibility index (Phi) is 4.81.